The molecule has 4 aliphatic rings. The summed E-state index contributed by atoms with van der Waals surface area (Å²) in [5.41, 5.74) is 6.15. The Kier molecular flexibility index (Phi) is 2.79. The predicted molar refractivity (Wildman–Crippen MR) is 69.7 cm³/mol. The van der Waals surface area contributed by atoms with Crippen LogP contribution in [0.15, 0.2) is 0 Å². The molecular formula is C15H27NO. The van der Waals surface area contributed by atoms with Gasteiger partial charge in [0.15, 0.2) is 0 Å². The molecule has 17 heavy (non-hydrogen) atoms. The molecule has 0 aliphatic heterocycles. The molecule has 0 unspecified atom stereocenters. The summed E-state index contributed by atoms with van der Waals surface area (Å²) >= 11 is 0. The third-order valence-electron chi connectivity index (χ3n) is 5.43. The van der Waals surface area contributed by atoms with Crippen molar-refractivity contribution >= 4 is 0 Å². The molecule has 4 aliphatic carbocycles. The molecule has 2 nitrogen and oxygen atoms in total. The number of ether oxygens (including phenoxy) is 1. The van der Waals surface area contributed by atoms with E-state index in [0.29, 0.717) is 12.0 Å². The fourth-order valence-electron chi connectivity index (χ4n) is 4.87. The summed E-state index contributed by atoms with van der Waals surface area (Å²) in [4.78, 5) is 0. The lowest BCUT2D eigenvalue weighted by atomic mass is 9.50. The summed E-state index contributed by atoms with van der Waals surface area (Å²) in [6.07, 6.45) is 8.83. The molecule has 0 atom stereocenters. The first kappa shape index (κ1) is 12.0. The van der Waals surface area contributed by atoms with Crippen LogP contribution >= 0.6 is 0 Å². The van der Waals surface area contributed by atoms with Crippen molar-refractivity contribution in [2.75, 3.05) is 13.2 Å². The third-order valence-corrected chi connectivity index (χ3v) is 5.43. The SMILES string of the molecule is CC(C)(CN)OCC12CC3CC(CC(C3)C1)C2. The Labute approximate surface area is 105 Å². The summed E-state index contributed by atoms with van der Waals surface area (Å²) < 4.78 is 6.14. The minimum absolute atomic E-state index is 0.136. The van der Waals surface area contributed by atoms with Crippen LogP contribution < -0.4 is 5.73 Å². The standard InChI is InChI=1S/C15H27NO/c1-14(2,9-16)17-10-15-6-11-3-12(7-15)5-13(4-11)8-15/h11-13H,3-10,16H2,1-2H3. The van der Waals surface area contributed by atoms with Crippen LogP contribution in [0, 0.1) is 23.2 Å². The monoisotopic (exact) mass is 237 g/mol. The Balaban J connectivity index is 1.66. The van der Waals surface area contributed by atoms with E-state index in [-0.39, 0.29) is 5.60 Å². The highest BCUT2D eigenvalue weighted by Gasteiger charge is 2.51. The van der Waals surface area contributed by atoms with E-state index in [0.717, 1.165) is 24.4 Å². The van der Waals surface area contributed by atoms with Crippen molar-refractivity contribution in [3.63, 3.8) is 0 Å². The van der Waals surface area contributed by atoms with Crippen LogP contribution in [0.4, 0.5) is 0 Å². The van der Waals surface area contributed by atoms with Gasteiger partial charge in [0.25, 0.3) is 0 Å². The summed E-state index contributed by atoms with van der Waals surface area (Å²) in [6.45, 7) is 5.82. The molecule has 4 rings (SSSR count). The van der Waals surface area contributed by atoms with E-state index in [1.54, 1.807) is 0 Å². The van der Waals surface area contributed by atoms with Crippen molar-refractivity contribution in [1.82, 2.24) is 0 Å². The normalized spacial score (nSPS) is 44.3. The van der Waals surface area contributed by atoms with Crippen LogP contribution in [0.1, 0.15) is 52.4 Å². The van der Waals surface area contributed by atoms with Gasteiger partial charge in [-0.2, -0.15) is 0 Å². The van der Waals surface area contributed by atoms with Gasteiger partial charge in [0, 0.05) is 6.54 Å². The maximum atomic E-state index is 6.14. The fraction of sp³-hybridized carbons (Fsp3) is 1.00. The second-order valence-corrected chi connectivity index (χ2v) is 7.67. The zero-order valence-corrected chi connectivity index (χ0v) is 11.4. The molecule has 0 aromatic rings. The number of rotatable bonds is 4. The first-order chi connectivity index (χ1) is 8.00. The van der Waals surface area contributed by atoms with Gasteiger partial charge in [-0.25, -0.2) is 0 Å². The summed E-state index contributed by atoms with van der Waals surface area (Å²) in [5, 5.41) is 0. The molecule has 0 saturated heterocycles. The minimum Gasteiger partial charge on any atom is -0.374 e. The highest BCUT2D eigenvalue weighted by molar-refractivity contribution is 5.01. The highest BCUT2D eigenvalue weighted by atomic mass is 16.5. The van der Waals surface area contributed by atoms with Crippen molar-refractivity contribution in [1.29, 1.82) is 0 Å². The summed E-state index contributed by atoms with van der Waals surface area (Å²) in [7, 11) is 0. The number of hydrogen-bond donors (Lipinski definition) is 1. The maximum Gasteiger partial charge on any atom is 0.0748 e. The molecular weight excluding hydrogens is 210 g/mol. The molecule has 4 saturated carbocycles. The lowest BCUT2D eigenvalue weighted by molar-refractivity contribution is -0.130. The van der Waals surface area contributed by atoms with Crippen LogP contribution in [0.25, 0.3) is 0 Å². The van der Waals surface area contributed by atoms with E-state index in [1.807, 2.05) is 0 Å². The minimum atomic E-state index is -0.136. The average molecular weight is 237 g/mol. The molecule has 98 valence electrons. The second-order valence-electron chi connectivity index (χ2n) is 7.67. The Morgan fingerprint density at radius 1 is 1.06 bits per heavy atom. The van der Waals surface area contributed by atoms with Crippen molar-refractivity contribution in [3.05, 3.63) is 0 Å². The van der Waals surface area contributed by atoms with Gasteiger partial charge in [0.1, 0.15) is 0 Å². The van der Waals surface area contributed by atoms with Crippen molar-refractivity contribution in [2.45, 2.75) is 58.0 Å². The van der Waals surface area contributed by atoms with Gasteiger partial charge in [0.05, 0.1) is 12.2 Å². The molecule has 0 spiro atoms. The van der Waals surface area contributed by atoms with E-state index in [4.69, 9.17) is 10.5 Å². The van der Waals surface area contributed by atoms with E-state index >= 15 is 0 Å². The lowest BCUT2D eigenvalue weighted by Crippen LogP contribution is -2.50. The molecule has 2 heteroatoms. The van der Waals surface area contributed by atoms with Gasteiger partial charge < -0.3 is 10.5 Å². The molecule has 0 amide bonds. The first-order valence-electron chi connectivity index (χ1n) is 7.34. The fourth-order valence-corrected chi connectivity index (χ4v) is 4.87. The van der Waals surface area contributed by atoms with Crippen molar-refractivity contribution in [2.24, 2.45) is 28.9 Å². The third kappa shape index (κ3) is 2.26. The second kappa shape index (κ2) is 3.96. The Hall–Kier alpha value is -0.0800. The highest BCUT2D eigenvalue weighted by Crippen LogP contribution is 2.60. The summed E-state index contributed by atoms with van der Waals surface area (Å²) in [5.74, 6) is 3.06. The maximum absolute atomic E-state index is 6.14. The molecule has 0 aromatic heterocycles. The molecule has 2 N–H and O–H groups in total. The molecule has 0 aromatic carbocycles. The van der Waals surface area contributed by atoms with E-state index in [2.05, 4.69) is 13.8 Å². The molecule has 4 fully saturated rings. The summed E-state index contributed by atoms with van der Waals surface area (Å²) in [6, 6.07) is 0. The lowest BCUT2D eigenvalue weighted by Gasteiger charge is -2.57. The topological polar surface area (TPSA) is 35.2 Å². The Morgan fingerprint density at radius 2 is 1.53 bits per heavy atom. The van der Waals surface area contributed by atoms with Gasteiger partial charge in [-0.3, -0.25) is 0 Å². The predicted octanol–water partition coefficient (Wildman–Crippen LogP) is 2.96. The average Bonchev–Trinajstić information content (AvgIpc) is 2.25. The van der Waals surface area contributed by atoms with Gasteiger partial charge in [-0.15, -0.1) is 0 Å². The van der Waals surface area contributed by atoms with Crippen molar-refractivity contribution in [3.8, 4) is 0 Å². The van der Waals surface area contributed by atoms with Crippen molar-refractivity contribution < 1.29 is 4.74 Å². The smallest absolute Gasteiger partial charge is 0.0748 e. The van der Waals surface area contributed by atoms with Crippen LogP contribution in [-0.2, 0) is 4.74 Å². The van der Waals surface area contributed by atoms with E-state index in [9.17, 15) is 0 Å². The van der Waals surface area contributed by atoms with E-state index < -0.39 is 0 Å². The van der Waals surface area contributed by atoms with Gasteiger partial charge in [-0.05, 0) is 75.5 Å². The Morgan fingerprint density at radius 3 is 1.94 bits per heavy atom. The van der Waals surface area contributed by atoms with Crippen LogP contribution in [0.3, 0.4) is 0 Å². The first-order valence-corrected chi connectivity index (χ1v) is 7.34. The van der Waals surface area contributed by atoms with Gasteiger partial charge in [-0.1, -0.05) is 0 Å². The number of hydrogen-bond acceptors (Lipinski definition) is 2. The Bertz CT molecular complexity index is 262. The van der Waals surface area contributed by atoms with Crippen LogP contribution in [0.2, 0.25) is 0 Å². The largest absolute Gasteiger partial charge is 0.374 e. The van der Waals surface area contributed by atoms with Gasteiger partial charge >= 0.3 is 0 Å². The zero-order chi connectivity index (χ0) is 12.1. The molecule has 0 heterocycles. The molecule has 0 radical (unpaired) electrons. The quantitative estimate of drug-likeness (QED) is 0.816. The molecule has 4 bridgehead atoms. The van der Waals surface area contributed by atoms with E-state index in [1.165, 1.54) is 38.5 Å². The van der Waals surface area contributed by atoms with Crippen LogP contribution in [-0.4, -0.2) is 18.8 Å². The zero-order valence-electron chi connectivity index (χ0n) is 11.4. The van der Waals surface area contributed by atoms with Crippen LogP contribution in [0.5, 0.6) is 0 Å². The number of nitrogens with two attached hydrogens (primary N) is 1. The van der Waals surface area contributed by atoms with Gasteiger partial charge in [0.2, 0.25) is 0 Å².